The molecule has 66 valence electrons. The predicted octanol–water partition coefficient (Wildman–Crippen LogP) is 2.56. The van der Waals surface area contributed by atoms with Gasteiger partial charge in [0.25, 0.3) is 0 Å². The van der Waals surface area contributed by atoms with Crippen LogP contribution in [0.2, 0.25) is 0 Å². The van der Waals surface area contributed by atoms with Crippen LogP contribution in [0.5, 0.6) is 0 Å². The van der Waals surface area contributed by atoms with E-state index < -0.39 is 0 Å². The molecule has 0 heterocycles. The zero-order valence-corrected chi connectivity index (χ0v) is 8.11. The topological polar surface area (TPSA) is 12.0 Å². The standard InChI is InChI=1S/C10H21N/c1-4-6-9(11-5-2)10(3)7-8-10/h9,11H,4-8H2,1-3H3. The van der Waals surface area contributed by atoms with Gasteiger partial charge in [-0.25, -0.2) is 0 Å². The van der Waals surface area contributed by atoms with Gasteiger partial charge in [0.1, 0.15) is 0 Å². The Kier molecular flexibility index (Phi) is 2.94. The Balaban J connectivity index is 2.32. The second-order valence-corrected chi connectivity index (χ2v) is 4.05. The summed E-state index contributed by atoms with van der Waals surface area (Å²) in [6.07, 6.45) is 5.53. The first kappa shape index (κ1) is 9.05. The van der Waals surface area contributed by atoms with Crippen LogP contribution in [0.15, 0.2) is 0 Å². The van der Waals surface area contributed by atoms with E-state index in [2.05, 4.69) is 26.1 Å². The first-order valence-electron chi connectivity index (χ1n) is 4.96. The summed E-state index contributed by atoms with van der Waals surface area (Å²) < 4.78 is 0. The highest BCUT2D eigenvalue weighted by Gasteiger charge is 2.43. The van der Waals surface area contributed by atoms with E-state index in [1.165, 1.54) is 25.7 Å². The van der Waals surface area contributed by atoms with Crippen molar-refractivity contribution in [2.24, 2.45) is 5.41 Å². The molecule has 0 aromatic carbocycles. The van der Waals surface area contributed by atoms with Gasteiger partial charge >= 0.3 is 0 Å². The highest BCUT2D eigenvalue weighted by Crippen LogP contribution is 2.49. The molecule has 0 spiro atoms. The van der Waals surface area contributed by atoms with Gasteiger partial charge in [0.15, 0.2) is 0 Å². The number of hydrogen-bond donors (Lipinski definition) is 1. The summed E-state index contributed by atoms with van der Waals surface area (Å²) in [7, 11) is 0. The van der Waals surface area contributed by atoms with Gasteiger partial charge in [-0.1, -0.05) is 27.2 Å². The maximum atomic E-state index is 3.59. The fourth-order valence-corrected chi connectivity index (χ4v) is 1.78. The van der Waals surface area contributed by atoms with Crippen molar-refractivity contribution in [1.82, 2.24) is 5.32 Å². The molecule has 11 heavy (non-hydrogen) atoms. The molecule has 1 N–H and O–H groups in total. The van der Waals surface area contributed by atoms with Crippen LogP contribution in [-0.4, -0.2) is 12.6 Å². The molecule has 1 unspecified atom stereocenters. The van der Waals surface area contributed by atoms with Crippen molar-refractivity contribution in [3.63, 3.8) is 0 Å². The summed E-state index contributed by atoms with van der Waals surface area (Å²) in [4.78, 5) is 0. The van der Waals surface area contributed by atoms with E-state index in [1.807, 2.05) is 0 Å². The van der Waals surface area contributed by atoms with E-state index >= 15 is 0 Å². The molecule has 1 atom stereocenters. The van der Waals surface area contributed by atoms with Crippen LogP contribution in [0.1, 0.15) is 46.5 Å². The lowest BCUT2D eigenvalue weighted by atomic mass is 9.95. The van der Waals surface area contributed by atoms with Gasteiger partial charge in [-0.05, 0) is 31.2 Å². The first-order valence-corrected chi connectivity index (χ1v) is 4.96. The van der Waals surface area contributed by atoms with Gasteiger partial charge in [0, 0.05) is 6.04 Å². The van der Waals surface area contributed by atoms with Crippen LogP contribution < -0.4 is 5.32 Å². The van der Waals surface area contributed by atoms with Crippen molar-refractivity contribution in [2.45, 2.75) is 52.5 Å². The van der Waals surface area contributed by atoms with Crippen LogP contribution in [-0.2, 0) is 0 Å². The van der Waals surface area contributed by atoms with Crippen molar-refractivity contribution in [1.29, 1.82) is 0 Å². The average Bonchev–Trinajstić information content (AvgIpc) is 2.69. The van der Waals surface area contributed by atoms with E-state index in [0.717, 1.165) is 12.6 Å². The highest BCUT2D eigenvalue weighted by atomic mass is 14.9. The maximum absolute atomic E-state index is 3.59. The van der Waals surface area contributed by atoms with Crippen molar-refractivity contribution >= 4 is 0 Å². The molecular formula is C10H21N. The Labute approximate surface area is 70.6 Å². The average molecular weight is 155 g/mol. The van der Waals surface area contributed by atoms with Crippen molar-refractivity contribution in [3.05, 3.63) is 0 Å². The maximum Gasteiger partial charge on any atom is 0.0121 e. The monoisotopic (exact) mass is 155 g/mol. The Hall–Kier alpha value is -0.0400. The normalized spacial score (nSPS) is 23.2. The first-order chi connectivity index (χ1) is 5.23. The summed E-state index contributed by atoms with van der Waals surface area (Å²) in [5.74, 6) is 0. The van der Waals surface area contributed by atoms with Gasteiger partial charge in [-0.2, -0.15) is 0 Å². The molecule has 0 aliphatic heterocycles. The van der Waals surface area contributed by atoms with Gasteiger partial charge in [-0.3, -0.25) is 0 Å². The van der Waals surface area contributed by atoms with Gasteiger partial charge in [-0.15, -0.1) is 0 Å². The van der Waals surface area contributed by atoms with Crippen LogP contribution in [0.3, 0.4) is 0 Å². The summed E-state index contributed by atoms with van der Waals surface area (Å²) in [6.45, 7) is 8.01. The van der Waals surface area contributed by atoms with E-state index in [4.69, 9.17) is 0 Å². The smallest absolute Gasteiger partial charge is 0.0121 e. The van der Waals surface area contributed by atoms with Crippen LogP contribution >= 0.6 is 0 Å². The molecule has 0 aromatic heterocycles. The third-order valence-corrected chi connectivity index (χ3v) is 2.91. The zero-order chi connectivity index (χ0) is 8.32. The number of rotatable bonds is 5. The van der Waals surface area contributed by atoms with Crippen LogP contribution in [0, 0.1) is 5.41 Å². The lowest BCUT2D eigenvalue weighted by Gasteiger charge is -2.23. The van der Waals surface area contributed by atoms with Gasteiger partial charge in [0.05, 0.1) is 0 Å². The molecule has 1 nitrogen and oxygen atoms in total. The van der Waals surface area contributed by atoms with E-state index in [9.17, 15) is 0 Å². The largest absolute Gasteiger partial charge is 0.314 e. The highest BCUT2D eigenvalue weighted by molar-refractivity contribution is 4.98. The second-order valence-electron chi connectivity index (χ2n) is 4.05. The molecule has 1 heteroatoms. The Morgan fingerprint density at radius 2 is 2.00 bits per heavy atom. The predicted molar refractivity (Wildman–Crippen MR) is 49.7 cm³/mol. The van der Waals surface area contributed by atoms with Crippen molar-refractivity contribution < 1.29 is 0 Å². The van der Waals surface area contributed by atoms with Crippen molar-refractivity contribution in [3.8, 4) is 0 Å². The van der Waals surface area contributed by atoms with Crippen LogP contribution in [0.4, 0.5) is 0 Å². The summed E-state index contributed by atoms with van der Waals surface area (Å²) in [6, 6.07) is 0.789. The summed E-state index contributed by atoms with van der Waals surface area (Å²) in [5, 5.41) is 3.59. The Bertz CT molecular complexity index is 110. The zero-order valence-electron chi connectivity index (χ0n) is 8.11. The molecule has 1 aliphatic rings. The Morgan fingerprint density at radius 1 is 1.36 bits per heavy atom. The lowest BCUT2D eigenvalue weighted by Crippen LogP contribution is -2.35. The third-order valence-electron chi connectivity index (χ3n) is 2.91. The van der Waals surface area contributed by atoms with E-state index in [-0.39, 0.29) is 0 Å². The molecule has 1 fully saturated rings. The minimum Gasteiger partial charge on any atom is -0.314 e. The number of hydrogen-bond acceptors (Lipinski definition) is 1. The van der Waals surface area contributed by atoms with Gasteiger partial charge in [0.2, 0.25) is 0 Å². The minimum absolute atomic E-state index is 0.659. The third kappa shape index (κ3) is 2.19. The second kappa shape index (κ2) is 3.57. The summed E-state index contributed by atoms with van der Waals surface area (Å²) in [5.41, 5.74) is 0.659. The summed E-state index contributed by atoms with van der Waals surface area (Å²) >= 11 is 0. The fourth-order valence-electron chi connectivity index (χ4n) is 1.78. The minimum atomic E-state index is 0.659. The molecule has 1 aliphatic carbocycles. The van der Waals surface area contributed by atoms with Crippen LogP contribution in [0.25, 0.3) is 0 Å². The molecule has 0 bridgehead atoms. The van der Waals surface area contributed by atoms with Gasteiger partial charge < -0.3 is 5.32 Å². The fraction of sp³-hybridized carbons (Fsp3) is 1.00. The molecule has 0 aromatic rings. The molecule has 1 rings (SSSR count). The molecule has 1 saturated carbocycles. The Morgan fingerprint density at radius 3 is 2.36 bits per heavy atom. The SMILES string of the molecule is CCCC(NCC)C1(C)CC1. The van der Waals surface area contributed by atoms with Crippen molar-refractivity contribution in [2.75, 3.05) is 6.54 Å². The number of nitrogens with one attached hydrogen (secondary N) is 1. The van der Waals surface area contributed by atoms with E-state index in [0.29, 0.717) is 5.41 Å². The molecule has 0 saturated heterocycles. The molecular weight excluding hydrogens is 134 g/mol. The van der Waals surface area contributed by atoms with E-state index in [1.54, 1.807) is 0 Å². The molecule has 0 radical (unpaired) electrons. The quantitative estimate of drug-likeness (QED) is 0.643. The molecule has 0 amide bonds. The lowest BCUT2D eigenvalue weighted by molar-refractivity contribution is 0.340.